The molecule has 0 aliphatic carbocycles. The van der Waals surface area contributed by atoms with Crippen LogP contribution in [0.5, 0.6) is 5.75 Å². The summed E-state index contributed by atoms with van der Waals surface area (Å²) < 4.78 is 5.79. The van der Waals surface area contributed by atoms with Gasteiger partial charge in [0.15, 0.2) is 0 Å². The molecule has 0 heterocycles. The summed E-state index contributed by atoms with van der Waals surface area (Å²) in [6.07, 6.45) is 1.95. The molecule has 2 aromatic carbocycles. The minimum absolute atomic E-state index is 0.108. The third-order valence-electron chi connectivity index (χ3n) is 3.99. The minimum atomic E-state index is -0.108. The molecule has 1 unspecified atom stereocenters. The van der Waals surface area contributed by atoms with Crippen LogP contribution in [-0.4, -0.2) is 12.0 Å². The molecule has 0 radical (unpaired) electrons. The van der Waals surface area contributed by atoms with E-state index in [2.05, 4.69) is 19.2 Å². The molecule has 2 aromatic rings. The number of amides is 1. The van der Waals surface area contributed by atoms with Gasteiger partial charge in [-0.1, -0.05) is 38.1 Å². The lowest BCUT2D eigenvalue weighted by Gasteiger charge is -2.15. The van der Waals surface area contributed by atoms with Crippen molar-refractivity contribution in [1.29, 1.82) is 0 Å². The van der Waals surface area contributed by atoms with E-state index in [9.17, 15) is 4.79 Å². The number of anilines is 1. The molecule has 0 aromatic heterocycles. The fraction of sp³-hybridized carbons (Fsp3) is 0.350. The summed E-state index contributed by atoms with van der Waals surface area (Å²) in [6.45, 7) is 8.20. The molecule has 1 amide bonds. The molecule has 3 heteroatoms. The summed E-state index contributed by atoms with van der Waals surface area (Å²) in [5, 5.41) is 3.05. The third kappa shape index (κ3) is 4.35. The number of para-hydroxylation sites is 1. The molecule has 3 nitrogen and oxygen atoms in total. The van der Waals surface area contributed by atoms with Crippen molar-refractivity contribution >= 4 is 11.6 Å². The van der Waals surface area contributed by atoms with E-state index >= 15 is 0 Å². The second kappa shape index (κ2) is 7.82. The van der Waals surface area contributed by atoms with E-state index in [1.165, 1.54) is 0 Å². The van der Waals surface area contributed by atoms with Gasteiger partial charge in [0.05, 0.1) is 6.10 Å². The smallest absolute Gasteiger partial charge is 0.255 e. The highest BCUT2D eigenvalue weighted by Gasteiger charge is 2.12. The van der Waals surface area contributed by atoms with Crippen LogP contribution in [-0.2, 0) is 6.42 Å². The fourth-order valence-electron chi connectivity index (χ4n) is 2.41. The fourth-order valence-corrected chi connectivity index (χ4v) is 2.41. The molecule has 0 saturated heterocycles. The van der Waals surface area contributed by atoms with Gasteiger partial charge in [-0.2, -0.15) is 0 Å². The lowest BCUT2D eigenvalue weighted by molar-refractivity contribution is 0.102. The Hall–Kier alpha value is -2.29. The highest BCUT2D eigenvalue weighted by atomic mass is 16.5. The molecule has 1 atom stereocenters. The molecule has 122 valence electrons. The average Bonchev–Trinajstić information content (AvgIpc) is 2.56. The van der Waals surface area contributed by atoms with Crippen molar-refractivity contribution in [2.45, 2.75) is 46.6 Å². The lowest BCUT2D eigenvalue weighted by atomic mass is 10.1. The van der Waals surface area contributed by atoms with Crippen molar-refractivity contribution in [2.75, 3.05) is 5.32 Å². The first kappa shape index (κ1) is 17.1. The Labute approximate surface area is 138 Å². The van der Waals surface area contributed by atoms with Crippen LogP contribution in [0.1, 0.15) is 48.7 Å². The van der Waals surface area contributed by atoms with Gasteiger partial charge in [0, 0.05) is 11.3 Å². The zero-order chi connectivity index (χ0) is 16.8. The number of hydrogen-bond donors (Lipinski definition) is 1. The summed E-state index contributed by atoms with van der Waals surface area (Å²) in [5.74, 6) is 0.621. The van der Waals surface area contributed by atoms with E-state index in [1.54, 1.807) is 6.07 Å². The Morgan fingerprint density at radius 2 is 1.91 bits per heavy atom. The van der Waals surface area contributed by atoms with Crippen LogP contribution >= 0.6 is 0 Å². The Kier molecular flexibility index (Phi) is 5.80. The zero-order valence-corrected chi connectivity index (χ0v) is 14.3. The predicted octanol–water partition coefficient (Wildman–Crippen LogP) is 4.99. The Balaban J connectivity index is 2.20. The molecule has 1 N–H and O–H groups in total. The largest absolute Gasteiger partial charge is 0.491 e. The number of carbonyl (C=O) groups excluding carboxylic acids is 1. The molecular formula is C20H25NO2. The molecule has 0 saturated carbocycles. The van der Waals surface area contributed by atoms with Crippen LogP contribution in [0.4, 0.5) is 5.69 Å². The van der Waals surface area contributed by atoms with Crippen LogP contribution < -0.4 is 10.1 Å². The van der Waals surface area contributed by atoms with E-state index in [0.717, 1.165) is 35.4 Å². The first-order chi connectivity index (χ1) is 11.0. The number of benzene rings is 2. The third-order valence-corrected chi connectivity index (χ3v) is 3.99. The van der Waals surface area contributed by atoms with Crippen molar-refractivity contribution in [3.8, 4) is 5.75 Å². The van der Waals surface area contributed by atoms with Crippen LogP contribution in [0, 0.1) is 6.92 Å². The zero-order valence-electron chi connectivity index (χ0n) is 14.3. The van der Waals surface area contributed by atoms with Gasteiger partial charge >= 0.3 is 0 Å². The number of nitrogens with one attached hydrogen (secondary N) is 1. The summed E-state index contributed by atoms with van der Waals surface area (Å²) in [4.78, 5) is 12.6. The monoisotopic (exact) mass is 311 g/mol. The second-order valence-electron chi connectivity index (χ2n) is 5.78. The van der Waals surface area contributed by atoms with E-state index in [-0.39, 0.29) is 12.0 Å². The molecule has 0 aliphatic rings. The van der Waals surface area contributed by atoms with Gasteiger partial charge in [-0.25, -0.2) is 0 Å². The van der Waals surface area contributed by atoms with Gasteiger partial charge in [0.1, 0.15) is 5.75 Å². The number of hydrogen-bond acceptors (Lipinski definition) is 2. The Morgan fingerprint density at radius 3 is 2.61 bits per heavy atom. The minimum Gasteiger partial charge on any atom is -0.491 e. The van der Waals surface area contributed by atoms with Gasteiger partial charge in [-0.3, -0.25) is 4.79 Å². The molecular weight excluding hydrogens is 286 g/mol. The quantitative estimate of drug-likeness (QED) is 0.816. The van der Waals surface area contributed by atoms with Crippen molar-refractivity contribution in [3.63, 3.8) is 0 Å². The van der Waals surface area contributed by atoms with Gasteiger partial charge < -0.3 is 10.1 Å². The van der Waals surface area contributed by atoms with Crippen LogP contribution in [0.15, 0.2) is 42.5 Å². The summed E-state index contributed by atoms with van der Waals surface area (Å²) in [7, 11) is 0. The van der Waals surface area contributed by atoms with Crippen molar-refractivity contribution in [2.24, 2.45) is 0 Å². The van der Waals surface area contributed by atoms with Crippen molar-refractivity contribution in [1.82, 2.24) is 0 Å². The van der Waals surface area contributed by atoms with Gasteiger partial charge in [0.2, 0.25) is 0 Å². The first-order valence-electron chi connectivity index (χ1n) is 8.21. The second-order valence-corrected chi connectivity index (χ2v) is 5.78. The van der Waals surface area contributed by atoms with Gasteiger partial charge in [-0.05, 0) is 56.0 Å². The van der Waals surface area contributed by atoms with E-state index in [4.69, 9.17) is 4.74 Å². The van der Waals surface area contributed by atoms with Crippen LogP contribution in [0.25, 0.3) is 0 Å². The average molecular weight is 311 g/mol. The summed E-state index contributed by atoms with van der Waals surface area (Å²) in [6, 6.07) is 13.4. The molecule has 23 heavy (non-hydrogen) atoms. The lowest BCUT2D eigenvalue weighted by Crippen LogP contribution is -2.15. The predicted molar refractivity (Wildman–Crippen MR) is 95.3 cm³/mol. The summed E-state index contributed by atoms with van der Waals surface area (Å²) in [5.41, 5.74) is 3.74. The topological polar surface area (TPSA) is 38.3 Å². The number of rotatable bonds is 6. The van der Waals surface area contributed by atoms with E-state index in [0.29, 0.717) is 5.56 Å². The molecule has 0 fully saturated rings. The number of ether oxygens (including phenoxy) is 1. The highest BCUT2D eigenvalue weighted by molar-refractivity contribution is 6.05. The van der Waals surface area contributed by atoms with Crippen LogP contribution in [0.3, 0.4) is 0 Å². The molecule has 0 bridgehead atoms. The van der Waals surface area contributed by atoms with Crippen molar-refractivity contribution < 1.29 is 9.53 Å². The Bertz CT molecular complexity index is 679. The van der Waals surface area contributed by atoms with Gasteiger partial charge in [0.25, 0.3) is 5.91 Å². The van der Waals surface area contributed by atoms with E-state index in [1.807, 2.05) is 50.2 Å². The molecule has 0 aliphatic heterocycles. The summed E-state index contributed by atoms with van der Waals surface area (Å²) >= 11 is 0. The van der Waals surface area contributed by atoms with Crippen molar-refractivity contribution in [3.05, 3.63) is 59.2 Å². The first-order valence-corrected chi connectivity index (χ1v) is 8.21. The normalized spacial score (nSPS) is 11.8. The maximum Gasteiger partial charge on any atom is 0.255 e. The van der Waals surface area contributed by atoms with Gasteiger partial charge in [-0.15, -0.1) is 0 Å². The number of aryl methyl sites for hydroxylation is 2. The standard InChI is InChI=1S/C20H25NO2/c1-5-15(4)23-18-12-8-11-17(13-18)20(22)21-19-14(3)9-7-10-16(19)6-2/h7-13,15H,5-6H2,1-4H3,(H,21,22). The highest BCUT2D eigenvalue weighted by Crippen LogP contribution is 2.23. The SMILES string of the molecule is CCc1cccc(C)c1NC(=O)c1cccc(OC(C)CC)c1. The maximum atomic E-state index is 12.6. The molecule has 0 spiro atoms. The van der Waals surface area contributed by atoms with E-state index < -0.39 is 0 Å². The maximum absolute atomic E-state index is 12.6. The molecule has 2 rings (SSSR count). The van der Waals surface area contributed by atoms with Crippen LogP contribution in [0.2, 0.25) is 0 Å². The Morgan fingerprint density at radius 1 is 1.17 bits per heavy atom. The number of carbonyl (C=O) groups is 1.